The van der Waals surface area contributed by atoms with Crippen molar-refractivity contribution in [3.63, 3.8) is 0 Å². The van der Waals surface area contributed by atoms with Crippen molar-refractivity contribution in [1.29, 1.82) is 0 Å². The van der Waals surface area contributed by atoms with Gasteiger partial charge in [0.2, 0.25) is 0 Å². The van der Waals surface area contributed by atoms with Gasteiger partial charge in [-0.1, -0.05) is 98.4 Å². The highest BCUT2D eigenvalue weighted by molar-refractivity contribution is 5.83. The highest BCUT2D eigenvalue weighted by Gasteiger charge is 2.32. The van der Waals surface area contributed by atoms with Gasteiger partial charge in [-0.2, -0.15) is 0 Å². The number of rotatable bonds is 11. The third kappa shape index (κ3) is 11.9. The number of hydrogen-bond acceptors (Lipinski definition) is 4. The third-order valence-electron chi connectivity index (χ3n) is 8.48. The summed E-state index contributed by atoms with van der Waals surface area (Å²) in [6.45, 7) is 0. The molecule has 9 heteroatoms. The smallest absolute Gasteiger partial charge is 0.332 e. The maximum atomic E-state index is 13.2. The molecule has 2 aliphatic rings. The van der Waals surface area contributed by atoms with Gasteiger partial charge in [0.25, 0.3) is 11.8 Å². The van der Waals surface area contributed by atoms with Crippen molar-refractivity contribution in [1.82, 2.24) is 0 Å². The van der Waals surface area contributed by atoms with Gasteiger partial charge in [-0.25, -0.2) is 22.4 Å². The van der Waals surface area contributed by atoms with Gasteiger partial charge in [-0.05, 0) is 58.2 Å². The molecule has 258 valence electrons. The first-order valence-corrected chi connectivity index (χ1v) is 15.8. The Balaban J connectivity index is 0.000000266. The van der Waals surface area contributed by atoms with Gasteiger partial charge >= 0.3 is 5.97 Å². The number of aliphatic carboxylic acids is 1. The molecular formula is C39H44F4O5. The molecule has 5 nitrogen and oxygen atoms in total. The van der Waals surface area contributed by atoms with Crippen molar-refractivity contribution in [2.45, 2.75) is 95.7 Å². The lowest BCUT2D eigenvalue weighted by Gasteiger charge is -2.21. The second-order valence-corrected chi connectivity index (χ2v) is 12.2. The summed E-state index contributed by atoms with van der Waals surface area (Å²) in [6, 6.07) is 24.2. The van der Waals surface area contributed by atoms with E-state index in [1.165, 1.54) is 0 Å². The average molecular weight is 669 g/mol. The van der Waals surface area contributed by atoms with E-state index in [1.54, 1.807) is 36.4 Å². The average Bonchev–Trinajstić information content (AvgIpc) is 3.05. The summed E-state index contributed by atoms with van der Waals surface area (Å²) in [5, 5.41) is 28.1. The van der Waals surface area contributed by atoms with Crippen molar-refractivity contribution < 1.29 is 42.5 Å². The number of aryl methyl sites for hydroxylation is 1. The van der Waals surface area contributed by atoms with E-state index in [2.05, 4.69) is 0 Å². The predicted octanol–water partition coefficient (Wildman–Crippen LogP) is 8.51. The number of Topliss-reactive ketones (excluding diaryl/α,β-unsaturated/α-hetero) is 1. The summed E-state index contributed by atoms with van der Waals surface area (Å²) < 4.78 is 52.6. The summed E-state index contributed by atoms with van der Waals surface area (Å²) in [4.78, 5) is 22.7. The number of carboxylic acids is 1. The van der Waals surface area contributed by atoms with Gasteiger partial charge in [0.05, 0.1) is 0 Å². The number of allylic oxidation sites excluding steroid dienone is 4. The molecular weight excluding hydrogens is 624 g/mol. The topological polar surface area (TPSA) is 94.8 Å². The Morgan fingerprint density at radius 1 is 0.646 bits per heavy atom. The summed E-state index contributed by atoms with van der Waals surface area (Å²) in [5.74, 6) is -6.62. The van der Waals surface area contributed by atoms with E-state index in [1.807, 2.05) is 54.6 Å². The van der Waals surface area contributed by atoms with E-state index >= 15 is 0 Å². The van der Waals surface area contributed by atoms with E-state index in [0.29, 0.717) is 31.2 Å². The molecule has 0 saturated carbocycles. The number of halogens is 4. The fourth-order valence-corrected chi connectivity index (χ4v) is 5.55. The van der Waals surface area contributed by atoms with Crippen molar-refractivity contribution in [3.05, 3.63) is 119 Å². The molecule has 3 aromatic carbocycles. The van der Waals surface area contributed by atoms with E-state index in [4.69, 9.17) is 5.11 Å². The lowest BCUT2D eigenvalue weighted by atomic mass is 9.90. The summed E-state index contributed by atoms with van der Waals surface area (Å²) in [5.41, 5.74) is 6.27. The summed E-state index contributed by atoms with van der Waals surface area (Å²) in [6.07, 6.45) is 1.97. The molecule has 0 aromatic heterocycles. The largest absolute Gasteiger partial charge is 0.479 e. The quantitative estimate of drug-likeness (QED) is 0.178. The number of hydrogen-bond donors (Lipinski definition) is 3. The van der Waals surface area contributed by atoms with E-state index in [-0.39, 0.29) is 51.7 Å². The number of carboxylic acid groups (broad SMARTS) is 1. The predicted molar refractivity (Wildman–Crippen MR) is 180 cm³/mol. The Labute approximate surface area is 279 Å². The van der Waals surface area contributed by atoms with Crippen LogP contribution in [0.3, 0.4) is 0 Å². The van der Waals surface area contributed by atoms with Crippen molar-refractivity contribution >= 4 is 22.9 Å². The van der Waals surface area contributed by atoms with E-state index in [0.717, 1.165) is 33.4 Å². The van der Waals surface area contributed by atoms with Crippen LogP contribution in [-0.2, 0) is 28.9 Å². The Morgan fingerprint density at radius 2 is 1.08 bits per heavy atom. The van der Waals surface area contributed by atoms with Crippen LogP contribution >= 0.6 is 0 Å². The molecule has 3 aromatic rings. The first-order valence-electron chi connectivity index (χ1n) is 15.8. The fourth-order valence-electron chi connectivity index (χ4n) is 5.55. The number of carbonyl (C=O) groups excluding carboxylic acids is 1. The maximum absolute atomic E-state index is 13.2. The van der Waals surface area contributed by atoms with E-state index in [9.17, 15) is 37.4 Å². The van der Waals surface area contributed by atoms with Crippen LogP contribution in [0, 0.1) is 0 Å². The molecule has 0 aliphatic heterocycles. The zero-order chi connectivity index (χ0) is 34.0. The van der Waals surface area contributed by atoms with Crippen molar-refractivity contribution in [2.75, 3.05) is 0 Å². The molecule has 0 saturated heterocycles. The second-order valence-electron chi connectivity index (χ2n) is 12.2. The van der Waals surface area contributed by atoms with Crippen LogP contribution in [0.2, 0.25) is 0 Å². The van der Waals surface area contributed by atoms with Crippen LogP contribution in [0.4, 0.5) is 17.6 Å². The van der Waals surface area contributed by atoms with Crippen LogP contribution in [0.15, 0.2) is 91.0 Å². The molecule has 0 radical (unpaired) electrons. The minimum atomic E-state index is -2.60. The van der Waals surface area contributed by atoms with Crippen molar-refractivity contribution in [3.8, 4) is 0 Å². The van der Waals surface area contributed by atoms with Gasteiger partial charge in [-0.3, -0.25) is 4.79 Å². The molecule has 0 spiro atoms. The Hall–Kier alpha value is -4.08. The Bertz CT molecular complexity index is 1550. The summed E-state index contributed by atoms with van der Waals surface area (Å²) in [7, 11) is 0. The molecule has 2 aliphatic carbocycles. The normalized spacial score (nSPS) is 17.7. The zero-order valence-corrected chi connectivity index (χ0v) is 26.1. The number of benzene rings is 3. The monoisotopic (exact) mass is 668 g/mol. The lowest BCUT2D eigenvalue weighted by Crippen LogP contribution is -2.23. The molecule has 0 fully saturated rings. The molecule has 48 heavy (non-hydrogen) atoms. The first-order chi connectivity index (χ1) is 22.3. The second kappa shape index (κ2) is 17.4. The van der Waals surface area contributed by atoms with Gasteiger partial charge < -0.3 is 15.3 Å². The van der Waals surface area contributed by atoms with Crippen LogP contribution < -0.4 is 0 Å². The van der Waals surface area contributed by atoms with Crippen LogP contribution in [0.5, 0.6) is 0 Å². The van der Waals surface area contributed by atoms with Gasteiger partial charge in [0.15, 0.2) is 11.9 Å². The number of aliphatic hydroxyl groups excluding tert-OH is 2. The number of aliphatic hydroxyl groups is 2. The first kappa shape index (κ1) is 38.4. The SMILES string of the molecule is C.O=C(CCc1ccccc1)[C@H](O)Cc1ccc(C2=CCC(F)(F)CC2)cc1.O=C(O)[C@H](O)Cc1ccc(C2=CCC(F)(F)CC2)cc1. The lowest BCUT2D eigenvalue weighted by molar-refractivity contribution is -0.146. The Morgan fingerprint density at radius 3 is 1.48 bits per heavy atom. The number of ketones is 1. The number of alkyl halides is 4. The molecule has 5 rings (SSSR count). The highest BCUT2D eigenvalue weighted by atomic mass is 19.3. The molecule has 0 bridgehead atoms. The van der Waals surface area contributed by atoms with Crippen LogP contribution in [-0.4, -0.2) is 51.1 Å². The van der Waals surface area contributed by atoms with E-state index < -0.39 is 30.0 Å². The van der Waals surface area contributed by atoms with Gasteiger partial charge in [0, 0.05) is 44.9 Å². The molecule has 0 amide bonds. The Kier molecular flexibility index (Phi) is 13.9. The zero-order valence-electron chi connectivity index (χ0n) is 26.1. The minimum absolute atomic E-state index is 0. The van der Waals surface area contributed by atoms with Gasteiger partial charge in [0.1, 0.15) is 6.10 Å². The highest BCUT2D eigenvalue weighted by Crippen LogP contribution is 2.37. The third-order valence-corrected chi connectivity index (χ3v) is 8.48. The minimum Gasteiger partial charge on any atom is -0.479 e. The standard InChI is InChI=1S/C23H24F2O2.C15H16F2O3.CH4/c24-23(25)14-12-20(13-15-23)19-9-6-18(7-10-19)16-22(27)21(26)11-8-17-4-2-1-3-5-17;16-15(17)7-5-12(6-8-15)11-3-1-10(2-4-11)9-13(18)14(19)20;/h1-7,9-10,12,22,27H,8,11,13-16H2;1-5,13,18H,6-9H2,(H,19,20);1H4/t22-;13-;/m11./s1. The molecule has 3 N–H and O–H groups in total. The van der Waals surface area contributed by atoms with Gasteiger partial charge in [-0.15, -0.1) is 0 Å². The molecule has 0 unspecified atom stereocenters. The molecule has 2 atom stereocenters. The molecule has 0 heterocycles. The number of carbonyl (C=O) groups is 2. The van der Waals surface area contributed by atoms with Crippen LogP contribution in [0.25, 0.3) is 11.1 Å². The van der Waals surface area contributed by atoms with Crippen molar-refractivity contribution in [2.24, 2.45) is 0 Å². The maximum Gasteiger partial charge on any atom is 0.332 e. The van der Waals surface area contributed by atoms with Crippen LogP contribution in [0.1, 0.15) is 80.2 Å². The fraction of sp³-hybridized carbons (Fsp3) is 0.385. The summed E-state index contributed by atoms with van der Waals surface area (Å²) >= 11 is 0.